The van der Waals surface area contributed by atoms with Gasteiger partial charge in [0.25, 0.3) is 0 Å². The maximum absolute atomic E-state index is 5.10. The Morgan fingerprint density at radius 1 is 1.50 bits per heavy atom. The molecule has 0 saturated carbocycles. The first-order valence-corrected chi connectivity index (χ1v) is 5.50. The summed E-state index contributed by atoms with van der Waals surface area (Å²) < 4.78 is 5.10. The Morgan fingerprint density at radius 3 is 2.88 bits per heavy atom. The number of nitrogens with one attached hydrogen (secondary N) is 1. The largest absolute Gasteiger partial charge is 0.384 e. The fourth-order valence-electron chi connectivity index (χ4n) is 1.52. The van der Waals surface area contributed by atoms with Gasteiger partial charge < -0.3 is 15.0 Å². The molecule has 1 aromatic heterocycles. The number of ether oxygens (including phenoxy) is 1. The second kappa shape index (κ2) is 6.33. The summed E-state index contributed by atoms with van der Waals surface area (Å²) in [5, 5.41) is 3.40. The van der Waals surface area contributed by atoms with Crippen molar-refractivity contribution in [2.75, 3.05) is 44.6 Å². The number of aromatic nitrogens is 1. The van der Waals surface area contributed by atoms with Gasteiger partial charge >= 0.3 is 0 Å². The van der Waals surface area contributed by atoms with E-state index in [1.807, 2.05) is 31.1 Å². The van der Waals surface area contributed by atoms with Gasteiger partial charge in [-0.1, -0.05) is 6.92 Å². The van der Waals surface area contributed by atoms with E-state index in [4.69, 9.17) is 4.74 Å². The average molecular weight is 223 g/mol. The Bertz CT molecular complexity index is 315. The molecule has 0 aliphatic rings. The molecule has 16 heavy (non-hydrogen) atoms. The molecule has 4 heteroatoms. The van der Waals surface area contributed by atoms with Crippen molar-refractivity contribution < 1.29 is 4.74 Å². The van der Waals surface area contributed by atoms with Crippen LogP contribution in [0, 0.1) is 5.92 Å². The molecular formula is C12H21N3O. The summed E-state index contributed by atoms with van der Waals surface area (Å²) in [5.74, 6) is 1.45. The predicted octanol–water partition coefficient (Wildman–Crippen LogP) is 1.84. The summed E-state index contributed by atoms with van der Waals surface area (Å²) in [6.07, 6.45) is 1.80. The van der Waals surface area contributed by atoms with Crippen molar-refractivity contribution in [1.29, 1.82) is 0 Å². The SMILES string of the molecule is COCC(C)CNc1cccnc1N(C)C. The zero-order valence-electron chi connectivity index (χ0n) is 10.5. The van der Waals surface area contributed by atoms with Gasteiger partial charge in [0, 0.05) is 33.9 Å². The lowest BCUT2D eigenvalue weighted by atomic mass is 10.2. The summed E-state index contributed by atoms with van der Waals surface area (Å²) in [4.78, 5) is 6.34. The van der Waals surface area contributed by atoms with Gasteiger partial charge in [0.2, 0.25) is 0 Å². The van der Waals surface area contributed by atoms with Gasteiger partial charge in [0.15, 0.2) is 5.82 Å². The molecule has 0 radical (unpaired) electrons. The van der Waals surface area contributed by atoms with Crippen molar-refractivity contribution in [3.8, 4) is 0 Å². The Hall–Kier alpha value is -1.29. The van der Waals surface area contributed by atoms with Crippen LogP contribution in [0.4, 0.5) is 11.5 Å². The number of anilines is 2. The third-order valence-corrected chi connectivity index (χ3v) is 2.30. The number of pyridine rings is 1. The van der Waals surface area contributed by atoms with Gasteiger partial charge in [-0.15, -0.1) is 0 Å². The fraction of sp³-hybridized carbons (Fsp3) is 0.583. The molecule has 1 rings (SSSR count). The van der Waals surface area contributed by atoms with E-state index in [0.29, 0.717) is 5.92 Å². The van der Waals surface area contributed by atoms with E-state index in [1.54, 1.807) is 13.3 Å². The van der Waals surface area contributed by atoms with Gasteiger partial charge in [-0.05, 0) is 18.1 Å². The van der Waals surface area contributed by atoms with Crippen LogP contribution in [0.1, 0.15) is 6.92 Å². The van der Waals surface area contributed by atoms with Crippen molar-refractivity contribution in [3.63, 3.8) is 0 Å². The van der Waals surface area contributed by atoms with E-state index in [0.717, 1.165) is 24.7 Å². The second-order valence-electron chi connectivity index (χ2n) is 4.21. The summed E-state index contributed by atoms with van der Waals surface area (Å²) in [7, 11) is 5.71. The Labute approximate surface area is 97.6 Å². The van der Waals surface area contributed by atoms with E-state index in [9.17, 15) is 0 Å². The van der Waals surface area contributed by atoms with Crippen LogP contribution in [0.25, 0.3) is 0 Å². The molecule has 0 amide bonds. The lowest BCUT2D eigenvalue weighted by Crippen LogP contribution is -2.19. The minimum atomic E-state index is 0.486. The molecule has 0 aromatic carbocycles. The third-order valence-electron chi connectivity index (χ3n) is 2.30. The van der Waals surface area contributed by atoms with Gasteiger partial charge in [-0.25, -0.2) is 4.98 Å². The molecule has 0 spiro atoms. The molecule has 1 heterocycles. The zero-order chi connectivity index (χ0) is 12.0. The van der Waals surface area contributed by atoms with Crippen LogP contribution in [0.5, 0.6) is 0 Å². The Kier molecular flexibility index (Phi) is 5.05. The monoisotopic (exact) mass is 223 g/mol. The zero-order valence-corrected chi connectivity index (χ0v) is 10.5. The van der Waals surface area contributed by atoms with Crippen LogP contribution in [-0.4, -0.2) is 39.3 Å². The fourth-order valence-corrected chi connectivity index (χ4v) is 1.52. The Morgan fingerprint density at radius 2 is 2.25 bits per heavy atom. The highest BCUT2D eigenvalue weighted by Crippen LogP contribution is 2.20. The molecule has 1 atom stereocenters. The summed E-state index contributed by atoms with van der Waals surface area (Å²) in [6.45, 7) is 3.81. The van der Waals surface area contributed by atoms with Gasteiger partial charge in [-0.3, -0.25) is 0 Å². The molecule has 0 bridgehead atoms. The van der Waals surface area contributed by atoms with Crippen molar-refractivity contribution in [2.45, 2.75) is 6.92 Å². The first-order valence-electron chi connectivity index (χ1n) is 5.50. The van der Waals surface area contributed by atoms with Crippen LogP contribution in [0.15, 0.2) is 18.3 Å². The molecule has 0 aliphatic carbocycles. The van der Waals surface area contributed by atoms with Crippen LogP contribution >= 0.6 is 0 Å². The summed E-state index contributed by atoms with van der Waals surface area (Å²) >= 11 is 0. The number of methoxy groups -OCH3 is 1. The molecule has 0 saturated heterocycles. The van der Waals surface area contributed by atoms with E-state index in [2.05, 4.69) is 17.2 Å². The highest BCUT2D eigenvalue weighted by molar-refractivity contribution is 5.64. The molecule has 1 aromatic rings. The van der Waals surface area contributed by atoms with E-state index in [1.165, 1.54) is 0 Å². The lowest BCUT2D eigenvalue weighted by Gasteiger charge is -2.18. The van der Waals surface area contributed by atoms with Gasteiger partial charge in [0.05, 0.1) is 12.3 Å². The van der Waals surface area contributed by atoms with E-state index < -0.39 is 0 Å². The molecule has 0 aliphatic heterocycles. The van der Waals surface area contributed by atoms with Crippen LogP contribution in [-0.2, 0) is 4.74 Å². The third kappa shape index (κ3) is 3.70. The van der Waals surface area contributed by atoms with Crippen molar-refractivity contribution in [1.82, 2.24) is 4.98 Å². The molecule has 90 valence electrons. The average Bonchev–Trinajstić information content (AvgIpc) is 2.27. The molecule has 4 nitrogen and oxygen atoms in total. The molecule has 1 unspecified atom stereocenters. The van der Waals surface area contributed by atoms with Crippen molar-refractivity contribution >= 4 is 11.5 Å². The van der Waals surface area contributed by atoms with Crippen LogP contribution in [0.3, 0.4) is 0 Å². The predicted molar refractivity (Wildman–Crippen MR) is 68.1 cm³/mol. The topological polar surface area (TPSA) is 37.4 Å². The van der Waals surface area contributed by atoms with Crippen molar-refractivity contribution in [2.24, 2.45) is 5.92 Å². The highest BCUT2D eigenvalue weighted by Gasteiger charge is 2.06. The van der Waals surface area contributed by atoms with Crippen LogP contribution < -0.4 is 10.2 Å². The first-order chi connectivity index (χ1) is 7.65. The lowest BCUT2D eigenvalue weighted by molar-refractivity contribution is 0.164. The maximum atomic E-state index is 5.10. The van der Waals surface area contributed by atoms with E-state index in [-0.39, 0.29) is 0 Å². The van der Waals surface area contributed by atoms with Crippen LogP contribution in [0.2, 0.25) is 0 Å². The molecule has 1 N–H and O–H groups in total. The highest BCUT2D eigenvalue weighted by atomic mass is 16.5. The number of hydrogen-bond donors (Lipinski definition) is 1. The molecular weight excluding hydrogens is 202 g/mol. The summed E-state index contributed by atoms with van der Waals surface area (Å²) in [6, 6.07) is 3.98. The smallest absolute Gasteiger partial charge is 0.151 e. The molecule has 0 fully saturated rings. The standard InChI is InChI=1S/C12H21N3O/c1-10(9-16-4)8-14-11-6-5-7-13-12(11)15(2)3/h5-7,10,14H,8-9H2,1-4H3. The summed E-state index contributed by atoms with van der Waals surface area (Å²) in [5.41, 5.74) is 1.07. The van der Waals surface area contributed by atoms with Crippen molar-refractivity contribution in [3.05, 3.63) is 18.3 Å². The quantitative estimate of drug-likeness (QED) is 0.798. The van der Waals surface area contributed by atoms with E-state index >= 15 is 0 Å². The second-order valence-corrected chi connectivity index (χ2v) is 4.21. The van der Waals surface area contributed by atoms with Gasteiger partial charge in [-0.2, -0.15) is 0 Å². The Balaban J connectivity index is 2.59. The number of nitrogens with zero attached hydrogens (tertiary/aromatic N) is 2. The number of rotatable bonds is 6. The minimum Gasteiger partial charge on any atom is -0.384 e. The maximum Gasteiger partial charge on any atom is 0.151 e. The van der Waals surface area contributed by atoms with Gasteiger partial charge in [0.1, 0.15) is 0 Å². The minimum absolute atomic E-state index is 0.486. The first kappa shape index (κ1) is 12.8. The number of hydrogen-bond acceptors (Lipinski definition) is 4. The normalized spacial score (nSPS) is 12.2.